The zero-order valence-electron chi connectivity index (χ0n) is 10.2. The molecule has 1 aromatic rings. The number of rotatable bonds is 2. The molecule has 1 aliphatic rings. The van der Waals surface area contributed by atoms with Gasteiger partial charge in [-0.1, -0.05) is 0 Å². The molecule has 0 spiro atoms. The molecule has 0 atom stereocenters. The Morgan fingerprint density at radius 2 is 1.93 bits per heavy atom. The van der Waals surface area contributed by atoms with E-state index in [2.05, 4.69) is 53.9 Å². The normalized spacial score (nSPS) is 20.9. The molecule has 0 bridgehead atoms. The Balaban J connectivity index is 2.64. The molecule has 0 aromatic carbocycles. The van der Waals surface area contributed by atoms with Crippen LogP contribution in [0.25, 0.3) is 0 Å². The molecule has 0 saturated heterocycles. The third-order valence-electron chi connectivity index (χ3n) is 4.03. The molecule has 0 unspecified atom stereocenters. The van der Waals surface area contributed by atoms with Crippen LogP contribution in [0.4, 0.5) is 0 Å². The van der Waals surface area contributed by atoms with E-state index in [1.54, 1.807) is 3.28 Å². The molecule has 1 N–H and O–H groups in total. The van der Waals surface area contributed by atoms with Crippen LogP contribution >= 0.6 is 0 Å². The first kappa shape index (κ1) is 11.1. The van der Waals surface area contributed by atoms with Crippen LogP contribution in [0.1, 0.15) is 6.42 Å². The van der Waals surface area contributed by atoms with Gasteiger partial charge < -0.3 is 0 Å². The molecule has 0 radical (unpaired) electrons. The molecular formula is C13H21NZr. The monoisotopic (exact) mass is 281 g/mol. The predicted molar refractivity (Wildman–Crippen MR) is 65.7 cm³/mol. The van der Waals surface area contributed by atoms with Crippen molar-refractivity contribution in [2.45, 2.75) is 24.9 Å². The van der Waals surface area contributed by atoms with Crippen LogP contribution in [0.5, 0.6) is 0 Å². The van der Waals surface area contributed by atoms with E-state index in [9.17, 15) is 0 Å². The summed E-state index contributed by atoms with van der Waals surface area (Å²) in [5.74, 6) is 0. The maximum absolute atomic E-state index is 3.46. The van der Waals surface area contributed by atoms with Crippen LogP contribution in [0, 0.1) is 0 Å². The Morgan fingerprint density at radius 3 is 2.40 bits per heavy atom. The number of aromatic nitrogens is 1. The summed E-state index contributed by atoms with van der Waals surface area (Å²) >= 11 is -3.35. The molecule has 0 saturated carbocycles. The van der Waals surface area contributed by atoms with E-state index in [-0.39, 0.29) is 0 Å². The second-order valence-electron chi connectivity index (χ2n) is 7.53. The Hall–Kier alpha value is -0.357. The quantitative estimate of drug-likeness (QED) is 0.847. The van der Waals surface area contributed by atoms with Gasteiger partial charge >= 0.3 is 90.5 Å². The first-order chi connectivity index (χ1) is 6.74. The summed E-state index contributed by atoms with van der Waals surface area (Å²) in [6, 6.07) is 4.38. The molecule has 1 aromatic heterocycles. The SMILES string of the molecule is [CH3][Zr]([CH3])([CH3])([CH3])([C]1=CC=CC1)[c]1ccc[nH]1. The number of hydrogen-bond donors (Lipinski definition) is 1. The van der Waals surface area contributed by atoms with Gasteiger partial charge in [-0.15, -0.1) is 0 Å². The van der Waals surface area contributed by atoms with Gasteiger partial charge in [-0.25, -0.2) is 0 Å². The van der Waals surface area contributed by atoms with E-state index in [4.69, 9.17) is 0 Å². The molecule has 15 heavy (non-hydrogen) atoms. The van der Waals surface area contributed by atoms with Crippen molar-refractivity contribution in [2.75, 3.05) is 0 Å². The fourth-order valence-corrected chi connectivity index (χ4v) is 11.8. The molecule has 0 amide bonds. The molecular weight excluding hydrogens is 261 g/mol. The van der Waals surface area contributed by atoms with Gasteiger partial charge in [0, 0.05) is 0 Å². The van der Waals surface area contributed by atoms with Crippen molar-refractivity contribution in [3.05, 3.63) is 39.8 Å². The van der Waals surface area contributed by atoms with Crippen LogP contribution in [0.15, 0.2) is 39.8 Å². The summed E-state index contributed by atoms with van der Waals surface area (Å²) in [5, 5.41) is 0. The van der Waals surface area contributed by atoms with Crippen LogP contribution < -0.4 is 3.40 Å². The predicted octanol–water partition coefficient (Wildman–Crippen LogP) is 3.90. The van der Waals surface area contributed by atoms with Crippen molar-refractivity contribution in [2.24, 2.45) is 0 Å². The first-order valence-corrected chi connectivity index (χ1v) is 18.0. The van der Waals surface area contributed by atoms with Gasteiger partial charge in [-0.05, 0) is 0 Å². The second kappa shape index (κ2) is 2.66. The molecule has 1 nitrogen and oxygen atoms in total. The van der Waals surface area contributed by atoms with Gasteiger partial charge in [0.1, 0.15) is 0 Å². The first-order valence-electron chi connectivity index (χ1n) is 5.71. The number of aromatic amines is 1. The summed E-state index contributed by atoms with van der Waals surface area (Å²) in [5.41, 5.74) is 0. The molecule has 1 aliphatic carbocycles. The standard InChI is InChI=1S/C5H5.C4H4N.4CH3.Zr/c2*1-2-4-5-3-1;;;;;/h1-3H,4H2;1-3,5H;4*1H3;. The Bertz CT molecular complexity index is 439. The van der Waals surface area contributed by atoms with Gasteiger partial charge in [0.05, 0.1) is 0 Å². The van der Waals surface area contributed by atoms with Crippen LogP contribution in [-0.2, 0) is 17.3 Å². The number of nitrogens with one attached hydrogen (secondary N) is 1. The number of H-pyrrole nitrogens is 1. The molecule has 0 aliphatic heterocycles. The summed E-state index contributed by atoms with van der Waals surface area (Å²) in [6.07, 6.45) is 9.98. The van der Waals surface area contributed by atoms with Gasteiger partial charge in [-0.3, -0.25) is 0 Å². The van der Waals surface area contributed by atoms with Crippen LogP contribution in [0.3, 0.4) is 0 Å². The van der Waals surface area contributed by atoms with E-state index in [1.165, 1.54) is 3.40 Å². The summed E-state index contributed by atoms with van der Waals surface area (Å²) in [6.45, 7) is 0. The maximum atomic E-state index is 3.46. The van der Waals surface area contributed by atoms with E-state index in [0.29, 0.717) is 0 Å². The van der Waals surface area contributed by atoms with Crippen molar-refractivity contribution in [1.29, 1.82) is 0 Å². The molecule has 1 heterocycles. The third-order valence-corrected chi connectivity index (χ3v) is 18.8. The molecule has 82 valence electrons. The fraction of sp³-hybridized carbons (Fsp3) is 0.385. The Labute approximate surface area is 90.1 Å². The summed E-state index contributed by atoms with van der Waals surface area (Å²) < 4.78 is 13.1. The summed E-state index contributed by atoms with van der Waals surface area (Å²) in [4.78, 5) is 3.46. The van der Waals surface area contributed by atoms with Crippen molar-refractivity contribution in [3.8, 4) is 0 Å². The minimum absolute atomic E-state index is 1.14. The van der Waals surface area contributed by atoms with E-state index in [0.717, 1.165) is 6.42 Å². The van der Waals surface area contributed by atoms with E-state index in [1.807, 2.05) is 6.20 Å². The summed E-state index contributed by atoms with van der Waals surface area (Å²) in [7, 11) is 0. The number of allylic oxidation sites excluding steroid dienone is 4. The van der Waals surface area contributed by atoms with Gasteiger partial charge in [-0.2, -0.15) is 0 Å². The average Bonchev–Trinajstić information content (AvgIpc) is 2.77. The minimum atomic E-state index is -3.35. The zero-order valence-corrected chi connectivity index (χ0v) is 12.6. The van der Waals surface area contributed by atoms with Crippen LogP contribution in [-0.4, -0.2) is 4.98 Å². The van der Waals surface area contributed by atoms with Crippen molar-refractivity contribution >= 4 is 3.40 Å². The zero-order chi connectivity index (χ0) is 11.2. The average molecular weight is 283 g/mol. The van der Waals surface area contributed by atoms with Crippen molar-refractivity contribution < 1.29 is 17.3 Å². The fourth-order valence-electron chi connectivity index (χ4n) is 2.48. The Morgan fingerprint density at radius 1 is 1.20 bits per heavy atom. The number of hydrogen-bond acceptors (Lipinski definition) is 0. The topological polar surface area (TPSA) is 15.8 Å². The van der Waals surface area contributed by atoms with Gasteiger partial charge in [0.2, 0.25) is 0 Å². The second-order valence-corrected chi connectivity index (χ2v) is 35.6. The molecule has 0 fully saturated rings. The Kier molecular flexibility index (Phi) is 1.97. The molecule has 2 rings (SSSR count). The van der Waals surface area contributed by atoms with Gasteiger partial charge in [0.15, 0.2) is 0 Å². The van der Waals surface area contributed by atoms with Crippen LogP contribution in [0.2, 0.25) is 18.5 Å². The third kappa shape index (κ3) is 1.63. The van der Waals surface area contributed by atoms with Crippen molar-refractivity contribution in [3.63, 3.8) is 0 Å². The van der Waals surface area contributed by atoms with Gasteiger partial charge in [0.25, 0.3) is 0 Å². The van der Waals surface area contributed by atoms with E-state index < -0.39 is 17.3 Å². The van der Waals surface area contributed by atoms with E-state index >= 15 is 0 Å². The molecule has 2 heteroatoms. The van der Waals surface area contributed by atoms with Crippen molar-refractivity contribution in [1.82, 2.24) is 4.98 Å².